The smallest absolute Gasteiger partial charge is 0.182 e. The third kappa shape index (κ3) is 2.66. The lowest BCUT2D eigenvalue weighted by molar-refractivity contribution is 0.199. The van der Waals surface area contributed by atoms with Crippen molar-refractivity contribution in [1.29, 1.82) is 0 Å². The molecule has 0 unspecified atom stereocenters. The predicted octanol–water partition coefficient (Wildman–Crippen LogP) is 3.83. The van der Waals surface area contributed by atoms with E-state index in [1.165, 1.54) is 0 Å². The van der Waals surface area contributed by atoms with Gasteiger partial charge in [-0.1, -0.05) is 32.8 Å². The molecule has 0 bridgehead atoms. The molecule has 1 aliphatic heterocycles. The van der Waals surface area contributed by atoms with Crippen LogP contribution in [0.25, 0.3) is 0 Å². The Morgan fingerprint density at radius 2 is 1.70 bits per heavy atom. The number of halogens is 2. The molecule has 2 rings (SSSR count). The van der Waals surface area contributed by atoms with Crippen molar-refractivity contribution in [2.75, 3.05) is 18.0 Å². The first kappa shape index (κ1) is 15.2. The molecule has 0 amide bonds. The summed E-state index contributed by atoms with van der Waals surface area (Å²) in [6.07, 6.45) is 4.39. The van der Waals surface area contributed by atoms with Gasteiger partial charge in [-0.05, 0) is 24.3 Å². The number of hydrogen-bond donors (Lipinski definition) is 1. The minimum atomic E-state index is -0.798. The molecule has 0 radical (unpaired) electrons. The molecule has 1 heterocycles. The summed E-state index contributed by atoms with van der Waals surface area (Å²) in [6, 6.07) is 3.25. The van der Waals surface area contributed by atoms with Gasteiger partial charge in [0.25, 0.3) is 0 Å². The zero-order chi connectivity index (χ0) is 14.8. The van der Waals surface area contributed by atoms with Crippen LogP contribution in [0.5, 0.6) is 0 Å². The Balaban J connectivity index is 2.17. The number of hydrogen-bond acceptors (Lipinski definition) is 2. The van der Waals surface area contributed by atoms with Gasteiger partial charge in [-0.3, -0.25) is 0 Å². The summed E-state index contributed by atoms with van der Waals surface area (Å²) in [6.45, 7) is 6.04. The largest absolute Gasteiger partial charge is 0.369 e. The average Bonchev–Trinajstić information content (AvgIpc) is 2.50. The highest BCUT2D eigenvalue weighted by molar-refractivity contribution is 5.50. The SMILES string of the molecule is CCC1(CC)CCN(c2ccc(CN)c(F)c2F)CC1. The average molecular weight is 282 g/mol. The van der Waals surface area contributed by atoms with Crippen LogP contribution in [0.15, 0.2) is 12.1 Å². The first-order valence-electron chi connectivity index (χ1n) is 7.48. The Morgan fingerprint density at radius 3 is 2.20 bits per heavy atom. The van der Waals surface area contributed by atoms with E-state index < -0.39 is 11.6 Å². The zero-order valence-electron chi connectivity index (χ0n) is 12.4. The second-order valence-corrected chi connectivity index (χ2v) is 5.77. The number of nitrogens with zero attached hydrogens (tertiary/aromatic N) is 1. The van der Waals surface area contributed by atoms with Gasteiger partial charge in [0.05, 0.1) is 5.69 Å². The minimum absolute atomic E-state index is 0.0256. The molecule has 1 fully saturated rings. The van der Waals surface area contributed by atoms with Crippen LogP contribution < -0.4 is 10.6 Å². The van der Waals surface area contributed by atoms with Gasteiger partial charge in [0.15, 0.2) is 11.6 Å². The summed E-state index contributed by atoms with van der Waals surface area (Å²) in [4.78, 5) is 1.96. The standard InChI is InChI=1S/C16H24F2N2/c1-3-16(4-2)7-9-20(10-8-16)13-6-5-12(11-19)14(17)15(13)18/h5-6H,3-4,7-11,19H2,1-2H3. The van der Waals surface area contributed by atoms with E-state index in [0.717, 1.165) is 38.8 Å². The first-order valence-corrected chi connectivity index (χ1v) is 7.48. The van der Waals surface area contributed by atoms with E-state index in [0.29, 0.717) is 11.1 Å². The van der Waals surface area contributed by atoms with Crippen molar-refractivity contribution in [3.8, 4) is 0 Å². The first-order chi connectivity index (χ1) is 9.56. The van der Waals surface area contributed by atoms with Gasteiger partial charge >= 0.3 is 0 Å². The third-order valence-corrected chi connectivity index (χ3v) is 5.03. The fourth-order valence-corrected chi connectivity index (χ4v) is 3.16. The van der Waals surface area contributed by atoms with Crippen LogP contribution in [-0.2, 0) is 6.54 Å². The molecule has 4 heteroatoms. The van der Waals surface area contributed by atoms with Crippen molar-refractivity contribution in [3.63, 3.8) is 0 Å². The van der Waals surface area contributed by atoms with E-state index in [2.05, 4.69) is 13.8 Å². The van der Waals surface area contributed by atoms with Crippen LogP contribution in [0.1, 0.15) is 45.1 Å². The second kappa shape index (κ2) is 6.08. The van der Waals surface area contributed by atoms with Gasteiger partial charge in [-0.15, -0.1) is 0 Å². The molecule has 0 saturated carbocycles. The van der Waals surface area contributed by atoms with E-state index in [1.807, 2.05) is 4.90 Å². The fraction of sp³-hybridized carbons (Fsp3) is 0.625. The van der Waals surface area contributed by atoms with Gasteiger partial charge in [0, 0.05) is 25.2 Å². The van der Waals surface area contributed by atoms with Crippen molar-refractivity contribution in [3.05, 3.63) is 29.3 Å². The summed E-state index contributed by atoms with van der Waals surface area (Å²) < 4.78 is 27.9. The maximum atomic E-state index is 14.1. The highest BCUT2D eigenvalue weighted by atomic mass is 19.2. The number of rotatable bonds is 4. The third-order valence-electron chi connectivity index (χ3n) is 5.03. The summed E-state index contributed by atoms with van der Waals surface area (Å²) in [7, 11) is 0. The Kier molecular flexibility index (Phi) is 4.63. The molecular weight excluding hydrogens is 258 g/mol. The van der Waals surface area contributed by atoms with E-state index in [9.17, 15) is 8.78 Å². The molecule has 1 aromatic carbocycles. The maximum absolute atomic E-state index is 14.1. The lowest BCUT2D eigenvalue weighted by Crippen LogP contribution is -2.40. The molecule has 20 heavy (non-hydrogen) atoms. The van der Waals surface area contributed by atoms with Crippen LogP contribution in [0.4, 0.5) is 14.5 Å². The molecule has 0 spiro atoms. The lowest BCUT2D eigenvalue weighted by atomic mass is 9.74. The molecule has 2 N–H and O–H groups in total. The van der Waals surface area contributed by atoms with Gasteiger partial charge in [-0.2, -0.15) is 0 Å². The molecule has 1 saturated heterocycles. The van der Waals surface area contributed by atoms with Crippen LogP contribution in [0.3, 0.4) is 0 Å². The molecule has 1 aromatic rings. The zero-order valence-corrected chi connectivity index (χ0v) is 12.4. The fourth-order valence-electron chi connectivity index (χ4n) is 3.16. The minimum Gasteiger partial charge on any atom is -0.369 e. The molecule has 0 aromatic heterocycles. The number of nitrogens with two attached hydrogens (primary N) is 1. The highest BCUT2D eigenvalue weighted by Gasteiger charge is 2.32. The maximum Gasteiger partial charge on any atom is 0.182 e. The Hall–Kier alpha value is -1.16. The molecule has 0 atom stereocenters. The summed E-state index contributed by atoms with van der Waals surface area (Å²) in [5, 5.41) is 0. The molecular formula is C16H24F2N2. The summed E-state index contributed by atoms with van der Waals surface area (Å²) >= 11 is 0. The Morgan fingerprint density at radius 1 is 1.10 bits per heavy atom. The second-order valence-electron chi connectivity index (χ2n) is 5.77. The number of piperidine rings is 1. The van der Waals surface area contributed by atoms with Crippen molar-refractivity contribution in [2.45, 2.75) is 46.1 Å². The Bertz CT molecular complexity index is 460. The lowest BCUT2D eigenvalue weighted by Gasteiger charge is -2.42. The van der Waals surface area contributed by atoms with E-state index in [-0.39, 0.29) is 12.1 Å². The normalized spacial score (nSPS) is 18.4. The summed E-state index contributed by atoms with van der Waals surface area (Å²) in [5.41, 5.74) is 6.39. The van der Waals surface area contributed by atoms with E-state index in [4.69, 9.17) is 5.73 Å². The van der Waals surface area contributed by atoms with Gasteiger partial charge in [0.2, 0.25) is 0 Å². The quantitative estimate of drug-likeness (QED) is 0.909. The number of anilines is 1. The van der Waals surface area contributed by atoms with Crippen LogP contribution in [-0.4, -0.2) is 13.1 Å². The van der Waals surface area contributed by atoms with Crippen molar-refractivity contribution in [1.82, 2.24) is 0 Å². The highest BCUT2D eigenvalue weighted by Crippen LogP contribution is 2.39. The predicted molar refractivity (Wildman–Crippen MR) is 78.7 cm³/mol. The van der Waals surface area contributed by atoms with Crippen molar-refractivity contribution >= 4 is 5.69 Å². The van der Waals surface area contributed by atoms with Gasteiger partial charge in [0.1, 0.15) is 0 Å². The molecule has 2 nitrogen and oxygen atoms in total. The van der Waals surface area contributed by atoms with E-state index >= 15 is 0 Å². The number of benzene rings is 1. The van der Waals surface area contributed by atoms with Crippen molar-refractivity contribution < 1.29 is 8.78 Å². The van der Waals surface area contributed by atoms with E-state index in [1.54, 1.807) is 12.1 Å². The van der Waals surface area contributed by atoms with Crippen LogP contribution in [0, 0.1) is 17.0 Å². The molecule has 112 valence electrons. The molecule has 0 aliphatic carbocycles. The molecule has 1 aliphatic rings. The topological polar surface area (TPSA) is 29.3 Å². The monoisotopic (exact) mass is 282 g/mol. The summed E-state index contributed by atoms with van der Waals surface area (Å²) in [5.74, 6) is -1.55. The van der Waals surface area contributed by atoms with Gasteiger partial charge in [-0.25, -0.2) is 8.78 Å². The van der Waals surface area contributed by atoms with Crippen LogP contribution >= 0.6 is 0 Å². The van der Waals surface area contributed by atoms with Crippen molar-refractivity contribution in [2.24, 2.45) is 11.1 Å². The van der Waals surface area contributed by atoms with Gasteiger partial charge < -0.3 is 10.6 Å². The van der Waals surface area contributed by atoms with Crippen LogP contribution in [0.2, 0.25) is 0 Å². The Labute approximate surface area is 120 Å².